The van der Waals surface area contributed by atoms with E-state index in [1.165, 1.54) is 6.20 Å². The molecule has 2 heteroatoms. The summed E-state index contributed by atoms with van der Waals surface area (Å²) in [4.78, 5) is 3.82. The van der Waals surface area contributed by atoms with Crippen molar-refractivity contribution < 1.29 is 0 Å². The Kier molecular flexibility index (Phi) is 1.68. The first-order valence-corrected chi connectivity index (χ1v) is 2.69. The first-order valence-electron chi connectivity index (χ1n) is 2.69. The van der Waals surface area contributed by atoms with Gasteiger partial charge in [-0.15, -0.1) is 6.42 Å². The average Bonchev–Trinajstić information content (AvgIpc) is 2.05. The highest BCUT2D eigenvalue weighted by Gasteiger charge is 1.89. The SMILES string of the molecule is C#Cc1cc(C#N)ccn1. The van der Waals surface area contributed by atoms with E-state index in [1.807, 2.05) is 6.07 Å². The van der Waals surface area contributed by atoms with Crippen LogP contribution in [-0.4, -0.2) is 4.98 Å². The molecule has 0 atom stereocenters. The molecule has 0 aliphatic carbocycles. The topological polar surface area (TPSA) is 36.7 Å². The molecule has 0 saturated heterocycles. The molecule has 46 valence electrons. The predicted octanol–water partition coefficient (Wildman–Crippen LogP) is 0.935. The molecule has 1 rings (SSSR count). The molecule has 1 aromatic heterocycles. The van der Waals surface area contributed by atoms with E-state index >= 15 is 0 Å². The first kappa shape index (κ1) is 6.32. The van der Waals surface area contributed by atoms with Gasteiger partial charge in [0, 0.05) is 6.20 Å². The van der Waals surface area contributed by atoms with Crippen LogP contribution in [0.4, 0.5) is 0 Å². The zero-order valence-corrected chi connectivity index (χ0v) is 5.20. The minimum Gasteiger partial charge on any atom is -0.248 e. The van der Waals surface area contributed by atoms with Gasteiger partial charge in [-0.2, -0.15) is 5.26 Å². The summed E-state index contributed by atoms with van der Waals surface area (Å²) in [6.45, 7) is 0. The summed E-state index contributed by atoms with van der Waals surface area (Å²) in [5, 5.41) is 8.41. The average molecular weight is 128 g/mol. The summed E-state index contributed by atoms with van der Waals surface area (Å²) in [7, 11) is 0. The van der Waals surface area contributed by atoms with Gasteiger partial charge in [0.25, 0.3) is 0 Å². The minimum absolute atomic E-state index is 0.499. The molecule has 0 amide bonds. The molecule has 0 aliphatic rings. The van der Waals surface area contributed by atoms with Crippen molar-refractivity contribution in [3.63, 3.8) is 0 Å². The predicted molar refractivity (Wildman–Crippen MR) is 36.9 cm³/mol. The summed E-state index contributed by atoms with van der Waals surface area (Å²) in [5.74, 6) is 2.34. The fourth-order valence-corrected chi connectivity index (χ4v) is 0.579. The second-order valence-electron chi connectivity index (χ2n) is 1.69. The van der Waals surface area contributed by atoms with Gasteiger partial charge in [-0.25, -0.2) is 4.98 Å². The number of nitriles is 1. The van der Waals surface area contributed by atoms with Crippen LogP contribution in [0, 0.1) is 23.7 Å². The molecule has 0 spiro atoms. The number of aromatic nitrogens is 1. The van der Waals surface area contributed by atoms with Crippen LogP contribution in [0.5, 0.6) is 0 Å². The van der Waals surface area contributed by atoms with Crippen molar-refractivity contribution in [2.75, 3.05) is 0 Å². The zero-order valence-electron chi connectivity index (χ0n) is 5.20. The van der Waals surface area contributed by atoms with Crippen LogP contribution in [-0.2, 0) is 0 Å². The third-order valence-electron chi connectivity index (χ3n) is 1.04. The molecular weight excluding hydrogens is 124 g/mol. The van der Waals surface area contributed by atoms with Crippen molar-refractivity contribution in [3.05, 3.63) is 29.6 Å². The monoisotopic (exact) mass is 128 g/mol. The van der Waals surface area contributed by atoms with Crippen LogP contribution in [0.3, 0.4) is 0 Å². The maximum Gasteiger partial charge on any atom is 0.114 e. The molecule has 0 fully saturated rings. The standard InChI is InChI=1S/C8H4N2/c1-2-8-5-7(6-9)3-4-10-8/h1,3-5H. The molecule has 0 bridgehead atoms. The maximum absolute atomic E-state index is 8.41. The highest BCUT2D eigenvalue weighted by molar-refractivity contribution is 5.34. The molecule has 0 unspecified atom stereocenters. The van der Waals surface area contributed by atoms with Crippen LogP contribution in [0.25, 0.3) is 0 Å². The Morgan fingerprint density at radius 3 is 3.00 bits per heavy atom. The van der Waals surface area contributed by atoms with Crippen LogP contribution < -0.4 is 0 Å². The third-order valence-corrected chi connectivity index (χ3v) is 1.04. The number of nitrogens with zero attached hydrogens (tertiary/aromatic N) is 2. The van der Waals surface area contributed by atoms with Crippen molar-refractivity contribution in [1.29, 1.82) is 5.26 Å². The normalized spacial score (nSPS) is 7.80. The number of rotatable bonds is 0. The zero-order chi connectivity index (χ0) is 7.40. The quantitative estimate of drug-likeness (QED) is 0.487. The van der Waals surface area contributed by atoms with E-state index in [-0.39, 0.29) is 0 Å². The summed E-state index contributed by atoms with van der Waals surface area (Å²) >= 11 is 0. The van der Waals surface area contributed by atoms with Crippen LogP contribution in [0.15, 0.2) is 18.3 Å². The molecule has 0 aromatic carbocycles. The second-order valence-corrected chi connectivity index (χ2v) is 1.69. The van der Waals surface area contributed by atoms with Gasteiger partial charge in [-0.05, 0) is 12.1 Å². The highest BCUT2D eigenvalue weighted by atomic mass is 14.6. The molecular formula is C8H4N2. The lowest BCUT2D eigenvalue weighted by Gasteiger charge is -1.87. The van der Waals surface area contributed by atoms with Crippen molar-refractivity contribution in [2.45, 2.75) is 0 Å². The Bertz CT molecular complexity index is 286. The van der Waals surface area contributed by atoms with Crippen molar-refractivity contribution in [2.24, 2.45) is 0 Å². The van der Waals surface area contributed by atoms with Gasteiger partial charge in [0.1, 0.15) is 5.69 Å². The summed E-state index contributed by atoms with van der Waals surface area (Å²) in [6, 6.07) is 5.15. The lowest BCUT2D eigenvalue weighted by atomic mass is 10.2. The molecule has 10 heavy (non-hydrogen) atoms. The molecule has 0 saturated carbocycles. The summed E-state index contributed by atoms with van der Waals surface area (Å²) in [6.07, 6.45) is 6.57. The Morgan fingerprint density at radius 1 is 1.60 bits per heavy atom. The molecule has 0 aliphatic heterocycles. The molecule has 0 N–H and O–H groups in total. The van der Waals surface area contributed by atoms with Crippen molar-refractivity contribution >= 4 is 0 Å². The summed E-state index contributed by atoms with van der Waals surface area (Å²) in [5.41, 5.74) is 1.04. The van der Waals surface area contributed by atoms with Gasteiger partial charge >= 0.3 is 0 Å². The van der Waals surface area contributed by atoms with Gasteiger partial charge in [0.15, 0.2) is 0 Å². The van der Waals surface area contributed by atoms with E-state index in [1.54, 1.807) is 12.1 Å². The van der Waals surface area contributed by atoms with E-state index < -0.39 is 0 Å². The lowest BCUT2D eigenvalue weighted by molar-refractivity contribution is 1.27. The molecule has 2 nitrogen and oxygen atoms in total. The van der Waals surface area contributed by atoms with Gasteiger partial charge < -0.3 is 0 Å². The van der Waals surface area contributed by atoms with Crippen molar-refractivity contribution in [3.8, 4) is 18.4 Å². The summed E-state index contributed by atoms with van der Waals surface area (Å²) < 4.78 is 0. The smallest absolute Gasteiger partial charge is 0.114 e. The van der Waals surface area contributed by atoms with Crippen LogP contribution >= 0.6 is 0 Å². The van der Waals surface area contributed by atoms with E-state index in [9.17, 15) is 0 Å². The van der Waals surface area contributed by atoms with Crippen LogP contribution in [0.1, 0.15) is 11.3 Å². The first-order chi connectivity index (χ1) is 4.86. The van der Waals surface area contributed by atoms with Gasteiger partial charge in [0.05, 0.1) is 11.6 Å². The van der Waals surface area contributed by atoms with E-state index in [4.69, 9.17) is 11.7 Å². The lowest BCUT2D eigenvalue weighted by Crippen LogP contribution is -1.81. The minimum atomic E-state index is 0.499. The van der Waals surface area contributed by atoms with Gasteiger partial charge in [0.2, 0.25) is 0 Å². The Balaban J connectivity index is 3.17. The maximum atomic E-state index is 8.41. The van der Waals surface area contributed by atoms with E-state index in [0.29, 0.717) is 11.3 Å². The Hall–Kier alpha value is -1.80. The number of hydrogen-bond acceptors (Lipinski definition) is 2. The Labute approximate surface area is 59.1 Å². The third kappa shape index (κ3) is 1.13. The number of hydrogen-bond donors (Lipinski definition) is 0. The fourth-order valence-electron chi connectivity index (χ4n) is 0.579. The van der Waals surface area contributed by atoms with E-state index in [0.717, 1.165) is 0 Å². The number of terminal acetylenes is 1. The fraction of sp³-hybridized carbons (Fsp3) is 0. The van der Waals surface area contributed by atoms with E-state index in [2.05, 4.69) is 10.9 Å². The largest absolute Gasteiger partial charge is 0.248 e. The second kappa shape index (κ2) is 2.66. The van der Waals surface area contributed by atoms with Gasteiger partial charge in [-0.1, -0.05) is 5.92 Å². The molecule has 1 aromatic rings. The molecule has 0 radical (unpaired) electrons. The Morgan fingerprint density at radius 2 is 2.40 bits per heavy atom. The van der Waals surface area contributed by atoms with Gasteiger partial charge in [-0.3, -0.25) is 0 Å². The van der Waals surface area contributed by atoms with Crippen molar-refractivity contribution in [1.82, 2.24) is 4.98 Å². The highest BCUT2D eigenvalue weighted by Crippen LogP contribution is 1.97. The van der Waals surface area contributed by atoms with Crippen LogP contribution in [0.2, 0.25) is 0 Å². The number of pyridine rings is 1. The molecule has 1 heterocycles.